The highest BCUT2D eigenvalue weighted by Crippen LogP contribution is 2.48. The number of nitro groups is 1. The first kappa shape index (κ1) is 22.2. The van der Waals surface area contributed by atoms with Gasteiger partial charge in [-0.1, -0.05) is 12.1 Å². The molecule has 2 aliphatic rings. The number of non-ortho nitro benzene ring substituents is 1. The van der Waals surface area contributed by atoms with Crippen LogP contribution in [0, 0.1) is 21.7 Å². The van der Waals surface area contributed by atoms with E-state index in [1.807, 2.05) is 0 Å². The van der Waals surface area contributed by atoms with E-state index >= 15 is 0 Å². The average molecular weight is 463 g/mol. The number of piperidine rings is 1. The van der Waals surface area contributed by atoms with E-state index in [0.29, 0.717) is 24.3 Å². The van der Waals surface area contributed by atoms with Crippen molar-refractivity contribution in [3.05, 3.63) is 105 Å². The van der Waals surface area contributed by atoms with E-state index in [-0.39, 0.29) is 28.6 Å². The van der Waals surface area contributed by atoms with Crippen LogP contribution in [0.5, 0.6) is 0 Å². The molecule has 2 heterocycles. The van der Waals surface area contributed by atoms with Crippen molar-refractivity contribution in [2.75, 3.05) is 24.5 Å². The molecule has 8 heteroatoms. The molecule has 0 unspecified atom stereocenters. The van der Waals surface area contributed by atoms with Crippen LogP contribution in [0.25, 0.3) is 0 Å². The number of carbonyl (C=O) groups is 1. The molecule has 1 fully saturated rings. The van der Waals surface area contributed by atoms with Crippen molar-refractivity contribution in [3.63, 3.8) is 0 Å². The van der Waals surface area contributed by atoms with Gasteiger partial charge < -0.3 is 4.90 Å². The normalized spacial score (nSPS) is 17.1. The zero-order valence-electron chi connectivity index (χ0n) is 18.4. The van der Waals surface area contributed by atoms with Crippen molar-refractivity contribution in [3.8, 4) is 0 Å². The molecule has 0 aliphatic carbocycles. The lowest BCUT2D eigenvalue weighted by Crippen LogP contribution is -2.45. The lowest BCUT2D eigenvalue weighted by Gasteiger charge is -2.40. The number of fused-ring (bicyclic) bond motifs is 2. The lowest BCUT2D eigenvalue weighted by molar-refractivity contribution is -0.384. The standard InChI is InChI=1S/C26H23F2N3O3/c27-20-5-1-18(2-6-20)16-29-13-11-26(12-14-29)17-30(24-10-7-21(28)15-23(24)26)25(32)19-3-8-22(9-4-19)31(33)34/h1-10,15H,11-14,16-17H2. The van der Waals surface area contributed by atoms with Crippen LogP contribution in [0.2, 0.25) is 0 Å². The second kappa shape index (κ2) is 8.61. The van der Waals surface area contributed by atoms with E-state index in [1.165, 1.54) is 48.5 Å². The molecule has 3 aromatic rings. The summed E-state index contributed by atoms with van der Waals surface area (Å²) in [5.41, 5.74) is 2.48. The fourth-order valence-electron chi connectivity index (χ4n) is 5.12. The summed E-state index contributed by atoms with van der Waals surface area (Å²) in [7, 11) is 0. The zero-order valence-corrected chi connectivity index (χ0v) is 18.4. The molecule has 0 radical (unpaired) electrons. The predicted octanol–water partition coefficient (Wildman–Crippen LogP) is 5.07. The maximum absolute atomic E-state index is 14.3. The van der Waals surface area contributed by atoms with E-state index in [4.69, 9.17) is 0 Å². The molecule has 174 valence electrons. The second-order valence-electron chi connectivity index (χ2n) is 9.04. The molecule has 5 rings (SSSR count). The van der Waals surface area contributed by atoms with Gasteiger partial charge in [0.1, 0.15) is 11.6 Å². The molecule has 3 aromatic carbocycles. The summed E-state index contributed by atoms with van der Waals surface area (Å²) in [5.74, 6) is -0.853. The smallest absolute Gasteiger partial charge is 0.269 e. The molecule has 1 spiro atoms. The molecule has 2 aliphatic heterocycles. The lowest BCUT2D eigenvalue weighted by atomic mass is 9.74. The highest BCUT2D eigenvalue weighted by atomic mass is 19.1. The molecule has 0 atom stereocenters. The van der Waals surface area contributed by atoms with E-state index < -0.39 is 4.92 Å². The number of benzene rings is 3. The van der Waals surface area contributed by atoms with E-state index in [2.05, 4.69) is 4.90 Å². The number of nitro benzene ring substituents is 1. The van der Waals surface area contributed by atoms with Crippen molar-refractivity contribution in [2.45, 2.75) is 24.8 Å². The summed E-state index contributed by atoms with van der Waals surface area (Å²) in [6.07, 6.45) is 1.52. The maximum Gasteiger partial charge on any atom is 0.269 e. The molecular weight excluding hydrogens is 440 g/mol. The zero-order chi connectivity index (χ0) is 23.9. The summed E-state index contributed by atoms with van der Waals surface area (Å²) in [4.78, 5) is 27.8. The van der Waals surface area contributed by atoms with Crippen molar-refractivity contribution < 1.29 is 18.5 Å². The number of anilines is 1. The van der Waals surface area contributed by atoms with Crippen molar-refractivity contribution >= 4 is 17.3 Å². The van der Waals surface area contributed by atoms with Crippen molar-refractivity contribution in [2.24, 2.45) is 0 Å². The average Bonchev–Trinajstić information content (AvgIpc) is 3.15. The Bertz CT molecular complexity index is 1240. The summed E-state index contributed by atoms with van der Waals surface area (Å²) >= 11 is 0. The van der Waals surface area contributed by atoms with Gasteiger partial charge in [0, 0.05) is 41.9 Å². The van der Waals surface area contributed by atoms with Crippen molar-refractivity contribution in [1.29, 1.82) is 0 Å². The van der Waals surface area contributed by atoms with Crippen LogP contribution < -0.4 is 4.90 Å². The van der Waals surface area contributed by atoms with Crippen LogP contribution in [-0.2, 0) is 12.0 Å². The first-order chi connectivity index (χ1) is 16.3. The topological polar surface area (TPSA) is 66.7 Å². The van der Waals surface area contributed by atoms with Gasteiger partial charge in [-0.05, 0) is 79.5 Å². The monoisotopic (exact) mass is 463 g/mol. The molecule has 0 saturated carbocycles. The van der Waals surface area contributed by atoms with Crippen LogP contribution in [0.3, 0.4) is 0 Å². The van der Waals surface area contributed by atoms with Gasteiger partial charge in [0.2, 0.25) is 0 Å². The van der Waals surface area contributed by atoms with Crippen LogP contribution in [0.15, 0.2) is 66.7 Å². The Hall–Kier alpha value is -3.65. The largest absolute Gasteiger partial charge is 0.307 e. The molecule has 34 heavy (non-hydrogen) atoms. The van der Waals surface area contributed by atoms with Gasteiger partial charge in [-0.2, -0.15) is 0 Å². The number of amides is 1. The fourth-order valence-corrected chi connectivity index (χ4v) is 5.12. The van der Waals surface area contributed by atoms with E-state index in [9.17, 15) is 23.7 Å². The minimum atomic E-state index is -0.503. The van der Waals surface area contributed by atoms with Gasteiger partial charge in [-0.3, -0.25) is 19.8 Å². The van der Waals surface area contributed by atoms with Crippen LogP contribution >= 0.6 is 0 Å². The second-order valence-corrected chi connectivity index (χ2v) is 9.04. The number of hydrogen-bond donors (Lipinski definition) is 0. The first-order valence-electron chi connectivity index (χ1n) is 11.2. The minimum absolute atomic E-state index is 0.0783. The van der Waals surface area contributed by atoms with Crippen LogP contribution in [-0.4, -0.2) is 35.4 Å². The fraction of sp³-hybridized carbons (Fsp3) is 0.269. The van der Waals surface area contributed by atoms with E-state index in [0.717, 1.165) is 37.1 Å². The van der Waals surface area contributed by atoms with E-state index in [1.54, 1.807) is 23.1 Å². The third kappa shape index (κ3) is 4.05. The highest BCUT2D eigenvalue weighted by Gasteiger charge is 2.46. The highest BCUT2D eigenvalue weighted by molar-refractivity contribution is 6.07. The Balaban J connectivity index is 1.37. The molecule has 0 N–H and O–H groups in total. The molecule has 1 amide bonds. The van der Waals surface area contributed by atoms with Gasteiger partial charge in [-0.15, -0.1) is 0 Å². The molecule has 6 nitrogen and oxygen atoms in total. The van der Waals surface area contributed by atoms with Gasteiger partial charge in [0.25, 0.3) is 11.6 Å². The molecule has 1 saturated heterocycles. The molecule has 0 aromatic heterocycles. The van der Waals surface area contributed by atoms with Crippen LogP contribution in [0.4, 0.5) is 20.2 Å². The Labute approximate surface area is 195 Å². The van der Waals surface area contributed by atoms with Gasteiger partial charge in [0.05, 0.1) is 4.92 Å². The number of likely N-dealkylation sites (tertiary alicyclic amines) is 1. The summed E-state index contributed by atoms with van der Waals surface area (Å²) < 4.78 is 27.5. The number of halogens is 2. The molecule has 0 bridgehead atoms. The number of rotatable bonds is 4. The SMILES string of the molecule is O=C(c1ccc([N+](=O)[O-])cc1)N1CC2(CCN(Cc3ccc(F)cc3)CC2)c2cc(F)ccc21. The Morgan fingerprint density at radius 3 is 2.24 bits per heavy atom. The first-order valence-corrected chi connectivity index (χ1v) is 11.2. The Kier molecular flexibility index (Phi) is 5.61. The van der Waals surface area contributed by atoms with Gasteiger partial charge in [0.15, 0.2) is 0 Å². The summed E-state index contributed by atoms with van der Waals surface area (Å²) in [6, 6.07) is 16.6. The Morgan fingerprint density at radius 2 is 1.59 bits per heavy atom. The molecular formula is C26H23F2N3O3. The quantitative estimate of drug-likeness (QED) is 0.400. The Morgan fingerprint density at radius 1 is 0.941 bits per heavy atom. The predicted molar refractivity (Wildman–Crippen MR) is 124 cm³/mol. The summed E-state index contributed by atoms with van der Waals surface area (Å²) in [5, 5.41) is 10.9. The number of nitrogens with zero attached hydrogens (tertiary/aromatic N) is 3. The van der Waals surface area contributed by atoms with Gasteiger partial charge >= 0.3 is 0 Å². The van der Waals surface area contributed by atoms with Crippen LogP contribution in [0.1, 0.15) is 34.3 Å². The maximum atomic E-state index is 14.3. The third-order valence-electron chi connectivity index (χ3n) is 6.98. The van der Waals surface area contributed by atoms with Crippen molar-refractivity contribution in [1.82, 2.24) is 4.90 Å². The minimum Gasteiger partial charge on any atom is -0.307 e. The van der Waals surface area contributed by atoms with Gasteiger partial charge in [-0.25, -0.2) is 8.78 Å². The number of hydrogen-bond acceptors (Lipinski definition) is 4. The summed E-state index contributed by atoms with van der Waals surface area (Å²) in [6.45, 7) is 2.68. The number of carbonyl (C=O) groups excluding carboxylic acids is 1. The third-order valence-corrected chi connectivity index (χ3v) is 6.98.